The van der Waals surface area contributed by atoms with Gasteiger partial charge in [0.15, 0.2) is 12.3 Å². The van der Waals surface area contributed by atoms with Gasteiger partial charge in [-0.1, -0.05) is 36.4 Å². The first-order chi connectivity index (χ1) is 13.0. The molecule has 0 atom stereocenters. The van der Waals surface area contributed by atoms with Crippen molar-refractivity contribution in [2.75, 3.05) is 11.9 Å². The lowest BCUT2D eigenvalue weighted by molar-refractivity contribution is -0.119. The lowest BCUT2D eigenvalue weighted by atomic mass is 10.1. The summed E-state index contributed by atoms with van der Waals surface area (Å²) in [4.78, 5) is 28.6. The summed E-state index contributed by atoms with van der Waals surface area (Å²) >= 11 is 0. The van der Waals surface area contributed by atoms with Crippen molar-refractivity contribution in [3.05, 3.63) is 71.1 Å². The molecule has 138 valence electrons. The molecular weight excluding hydrogens is 344 g/mol. The van der Waals surface area contributed by atoms with Crippen molar-refractivity contribution in [3.8, 4) is 11.5 Å². The lowest BCUT2D eigenvalue weighted by Gasteiger charge is -2.11. The van der Waals surface area contributed by atoms with Gasteiger partial charge in [0.1, 0.15) is 5.76 Å². The van der Waals surface area contributed by atoms with Crippen LogP contribution in [0.4, 0.5) is 5.69 Å². The minimum Gasteiger partial charge on any atom is -0.451 e. The Bertz CT molecular complexity index is 957. The molecule has 3 aromatic rings. The van der Waals surface area contributed by atoms with Crippen LogP contribution in [-0.4, -0.2) is 23.5 Å². The van der Waals surface area contributed by atoms with E-state index in [1.54, 1.807) is 6.92 Å². The molecule has 0 bridgehead atoms. The maximum absolute atomic E-state index is 12.3. The van der Waals surface area contributed by atoms with Crippen LogP contribution < -0.4 is 5.32 Å². The highest BCUT2D eigenvalue weighted by Crippen LogP contribution is 2.22. The molecule has 2 aromatic carbocycles. The normalized spacial score (nSPS) is 10.5. The first-order valence-corrected chi connectivity index (χ1v) is 8.51. The molecular formula is C21H20N2O4. The molecule has 0 saturated carbocycles. The number of carbonyl (C=O) groups is 2. The number of hydrogen-bond donors (Lipinski definition) is 1. The molecule has 0 aliphatic carbocycles. The predicted octanol–water partition coefficient (Wildman–Crippen LogP) is 4.06. The van der Waals surface area contributed by atoms with Crippen molar-refractivity contribution in [2.45, 2.75) is 20.8 Å². The van der Waals surface area contributed by atoms with E-state index in [1.165, 1.54) is 0 Å². The van der Waals surface area contributed by atoms with Gasteiger partial charge in [-0.05, 0) is 44.0 Å². The van der Waals surface area contributed by atoms with Crippen LogP contribution >= 0.6 is 0 Å². The van der Waals surface area contributed by atoms with Crippen LogP contribution in [0.3, 0.4) is 0 Å². The molecule has 1 N–H and O–H groups in total. The van der Waals surface area contributed by atoms with Crippen LogP contribution in [0.5, 0.6) is 0 Å². The zero-order valence-corrected chi connectivity index (χ0v) is 15.4. The topological polar surface area (TPSA) is 81.4 Å². The maximum atomic E-state index is 12.3. The second-order valence-electron chi connectivity index (χ2n) is 6.18. The van der Waals surface area contributed by atoms with Gasteiger partial charge in [-0.3, -0.25) is 4.79 Å². The zero-order chi connectivity index (χ0) is 19.4. The van der Waals surface area contributed by atoms with Crippen molar-refractivity contribution >= 4 is 17.6 Å². The highest BCUT2D eigenvalue weighted by molar-refractivity contribution is 5.96. The number of amides is 1. The van der Waals surface area contributed by atoms with Crippen molar-refractivity contribution in [1.82, 2.24) is 4.98 Å². The van der Waals surface area contributed by atoms with Crippen LogP contribution in [0.25, 0.3) is 11.5 Å². The molecule has 1 amide bonds. The molecule has 0 saturated heterocycles. The van der Waals surface area contributed by atoms with Gasteiger partial charge in [-0.15, -0.1) is 0 Å². The molecule has 6 heteroatoms. The van der Waals surface area contributed by atoms with E-state index in [4.69, 9.17) is 9.15 Å². The van der Waals surface area contributed by atoms with Gasteiger partial charge in [0.25, 0.3) is 5.91 Å². The van der Waals surface area contributed by atoms with Crippen molar-refractivity contribution in [1.29, 1.82) is 0 Å². The largest absolute Gasteiger partial charge is 0.451 e. The number of aryl methyl sites for hydroxylation is 3. The Morgan fingerprint density at radius 2 is 1.67 bits per heavy atom. The Balaban J connectivity index is 1.64. The second-order valence-corrected chi connectivity index (χ2v) is 6.18. The number of esters is 1. The number of carbonyl (C=O) groups excluding carboxylic acids is 2. The van der Waals surface area contributed by atoms with Gasteiger partial charge < -0.3 is 14.5 Å². The molecule has 3 rings (SSSR count). The van der Waals surface area contributed by atoms with E-state index in [1.807, 2.05) is 62.4 Å². The number of ether oxygens (including phenoxy) is 1. The lowest BCUT2D eigenvalue weighted by Crippen LogP contribution is -2.22. The van der Waals surface area contributed by atoms with Gasteiger partial charge in [0, 0.05) is 11.3 Å². The minimum absolute atomic E-state index is 0.0636. The van der Waals surface area contributed by atoms with Crippen LogP contribution in [0.15, 0.2) is 52.9 Å². The fourth-order valence-corrected chi connectivity index (χ4v) is 2.68. The number of hydrogen-bond acceptors (Lipinski definition) is 5. The summed E-state index contributed by atoms with van der Waals surface area (Å²) < 4.78 is 10.6. The first kappa shape index (κ1) is 18.4. The van der Waals surface area contributed by atoms with E-state index in [9.17, 15) is 9.59 Å². The number of aromatic nitrogens is 1. The summed E-state index contributed by atoms with van der Waals surface area (Å²) in [5, 5.41) is 2.77. The van der Waals surface area contributed by atoms with Gasteiger partial charge in [0.05, 0.1) is 0 Å². The molecule has 0 spiro atoms. The summed E-state index contributed by atoms with van der Waals surface area (Å²) in [6, 6.07) is 15.0. The Kier molecular flexibility index (Phi) is 5.35. The Morgan fingerprint density at radius 3 is 2.33 bits per heavy atom. The molecule has 1 heterocycles. The van der Waals surface area contributed by atoms with Gasteiger partial charge in [-0.25, -0.2) is 9.78 Å². The number of para-hydroxylation sites is 1. The highest BCUT2D eigenvalue weighted by atomic mass is 16.5. The van der Waals surface area contributed by atoms with Gasteiger partial charge in [0.2, 0.25) is 5.89 Å². The fraction of sp³-hybridized carbons (Fsp3) is 0.190. The zero-order valence-electron chi connectivity index (χ0n) is 15.4. The summed E-state index contributed by atoms with van der Waals surface area (Å²) in [5.74, 6) is -0.436. The van der Waals surface area contributed by atoms with E-state index in [0.717, 1.165) is 22.4 Å². The minimum atomic E-state index is -0.699. The number of oxazole rings is 1. The number of anilines is 1. The molecule has 1 aromatic heterocycles. The van der Waals surface area contributed by atoms with Gasteiger partial charge >= 0.3 is 5.97 Å². The Morgan fingerprint density at radius 1 is 1.00 bits per heavy atom. The predicted molar refractivity (Wildman–Crippen MR) is 102 cm³/mol. The number of benzene rings is 2. The molecule has 0 fully saturated rings. The number of nitrogens with zero attached hydrogens (tertiary/aromatic N) is 1. The van der Waals surface area contributed by atoms with Crippen molar-refractivity contribution in [2.24, 2.45) is 0 Å². The molecule has 0 unspecified atom stereocenters. The molecule has 0 radical (unpaired) electrons. The van der Waals surface area contributed by atoms with E-state index in [-0.39, 0.29) is 5.69 Å². The summed E-state index contributed by atoms with van der Waals surface area (Å²) in [5.41, 5.74) is 3.42. The van der Waals surface area contributed by atoms with Crippen molar-refractivity contribution < 1.29 is 18.7 Å². The average molecular weight is 364 g/mol. The van der Waals surface area contributed by atoms with Crippen LogP contribution in [-0.2, 0) is 9.53 Å². The Hall–Kier alpha value is -3.41. The standard InChI is InChI=1S/C21H20N2O4/c1-13-8-7-9-14(2)18(13)22-17(24)12-26-21(25)19-15(3)27-20(23-19)16-10-5-4-6-11-16/h4-11H,12H2,1-3H3,(H,22,24). The second kappa shape index (κ2) is 7.86. The monoisotopic (exact) mass is 364 g/mol. The summed E-state index contributed by atoms with van der Waals surface area (Å²) in [6.07, 6.45) is 0. The smallest absolute Gasteiger partial charge is 0.361 e. The molecule has 0 aliphatic rings. The molecule has 0 aliphatic heterocycles. The number of nitrogens with one attached hydrogen (secondary N) is 1. The SMILES string of the molecule is Cc1cccc(C)c1NC(=O)COC(=O)c1nc(-c2ccccc2)oc1C. The third kappa shape index (κ3) is 4.23. The van der Waals surface area contributed by atoms with E-state index >= 15 is 0 Å². The fourth-order valence-electron chi connectivity index (χ4n) is 2.68. The molecule has 6 nitrogen and oxygen atoms in total. The van der Waals surface area contributed by atoms with E-state index in [2.05, 4.69) is 10.3 Å². The van der Waals surface area contributed by atoms with Crippen LogP contribution in [0.1, 0.15) is 27.4 Å². The third-order valence-corrected chi connectivity index (χ3v) is 4.09. The van der Waals surface area contributed by atoms with Gasteiger partial charge in [-0.2, -0.15) is 0 Å². The van der Waals surface area contributed by atoms with Crippen LogP contribution in [0, 0.1) is 20.8 Å². The van der Waals surface area contributed by atoms with E-state index in [0.29, 0.717) is 11.7 Å². The third-order valence-electron chi connectivity index (χ3n) is 4.09. The first-order valence-electron chi connectivity index (χ1n) is 8.51. The summed E-state index contributed by atoms with van der Waals surface area (Å²) in [7, 11) is 0. The van der Waals surface area contributed by atoms with Crippen molar-refractivity contribution in [3.63, 3.8) is 0 Å². The highest BCUT2D eigenvalue weighted by Gasteiger charge is 2.20. The Labute approximate surface area is 157 Å². The maximum Gasteiger partial charge on any atom is 0.361 e. The van der Waals surface area contributed by atoms with E-state index < -0.39 is 18.5 Å². The molecule has 27 heavy (non-hydrogen) atoms. The average Bonchev–Trinajstić information content (AvgIpc) is 3.05. The van der Waals surface area contributed by atoms with Crippen LogP contribution in [0.2, 0.25) is 0 Å². The quantitative estimate of drug-likeness (QED) is 0.691. The number of rotatable bonds is 5. The summed E-state index contributed by atoms with van der Waals surface area (Å²) in [6.45, 7) is 5.03.